The Hall–Kier alpha value is -6.54. The van der Waals surface area contributed by atoms with Gasteiger partial charge in [-0.05, 0) is 67.3 Å². The molecule has 7 amide bonds. The first-order valence-electron chi connectivity index (χ1n) is 23.0. The van der Waals surface area contributed by atoms with E-state index in [-0.39, 0.29) is 30.9 Å². The number of aliphatic hydroxyl groups excluding tert-OH is 2. The fourth-order valence-corrected chi connectivity index (χ4v) is 7.27. The quantitative estimate of drug-likeness (QED) is 0.0511. The van der Waals surface area contributed by atoms with Crippen LogP contribution in [0.4, 0.5) is 0 Å². The maximum Gasteiger partial charge on any atom is 0.326 e. The Morgan fingerprint density at radius 3 is 1.74 bits per heavy atom. The standard InChI is InChI=1S/C48H70N8O12/c1-9-27(6)40(45(64)54-39(26(4)5)48(67)68)55-47(66)42(29(8)58)56-44(63)36(22-31-23-49-34-15-11-10-14-33(31)34)51-43(62)35(21-30-17-19-32(59)20-18-30)52-46(65)41(28(7)57)53-38(61)24-50-37(60)16-12-13-25(2)3/h10-11,14-15,17-20,23,25-29,35-36,39-42,49,57-59H,9,12-13,16,21-22,24H2,1-8H3,(H,50,60)(H,51,62)(H,52,65)(H,53,61)(H,54,64)(H,55,66)(H,56,63)(H,67,68)/t27-,28+,29+,35+,36+,39-,40-,41-,42-/m0/s1. The van der Waals surface area contributed by atoms with Crippen molar-refractivity contribution in [3.8, 4) is 5.75 Å². The maximum atomic E-state index is 14.5. The first kappa shape index (κ1) is 55.8. The van der Waals surface area contributed by atoms with Gasteiger partial charge >= 0.3 is 5.97 Å². The van der Waals surface area contributed by atoms with Crippen LogP contribution in [0.5, 0.6) is 5.75 Å². The summed E-state index contributed by atoms with van der Waals surface area (Å²) in [6, 6.07) is 4.04. The average Bonchev–Trinajstić information content (AvgIpc) is 3.69. The van der Waals surface area contributed by atoms with Crippen molar-refractivity contribution in [3.63, 3.8) is 0 Å². The zero-order valence-electron chi connectivity index (χ0n) is 40.1. The van der Waals surface area contributed by atoms with Crippen LogP contribution in [0.15, 0.2) is 54.7 Å². The van der Waals surface area contributed by atoms with Crippen molar-refractivity contribution >= 4 is 58.2 Å². The monoisotopic (exact) mass is 951 g/mol. The molecule has 0 aliphatic carbocycles. The summed E-state index contributed by atoms with van der Waals surface area (Å²) in [5.74, 6) is -7.74. The van der Waals surface area contributed by atoms with Crippen LogP contribution in [-0.2, 0) is 51.2 Å². The lowest BCUT2D eigenvalue weighted by atomic mass is 9.96. The van der Waals surface area contributed by atoms with E-state index in [1.165, 1.54) is 38.1 Å². The number of fused-ring (bicyclic) bond motifs is 1. The first-order chi connectivity index (χ1) is 32.0. The first-order valence-corrected chi connectivity index (χ1v) is 23.0. The van der Waals surface area contributed by atoms with Crippen LogP contribution in [0.2, 0.25) is 0 Å². The van der Waals surface area contributed by atoms with Crippen molar-refractivity contribution in [2.45, 2.75) is 142 Å². The molecule has 1 heterocycles. The van der Waals surface area contributed by atoms with E-state index in [2.05, 4.69) is 42.2 Å². The number of aromatic amines is 1. The van der Waals surface area contributed by atoms with Crippen LogP contribution < -0.4 is 37.2 Å². The molecule has 20 heteroatoms. The Morgan fingerprint density at radius 2 is 1.15 bits per heavy atom. The summed E-state index contributed by atoms with van der Waals surface area (Å²) in [6.07, 6.45) is 0.189. The van der Waals surface area contributed by atoms with Crippen molar-refractivity contribution in [2.24, 2.45) is 17.8 Å². The number of para-hydroxylation sites is 1. The zero-order chi connectivity index (χ0) is 50.8. The Morgan fingerprint density at radius 1 is 0.618 bits per heavy atom. The predicted molar refractivity (Wildman–Crippen MR) is 252 cm³/mol. The number of aliphatic hydroxyl groups is 2. The highest BCUT2D eigenvalue weighted by molar-refractivity contribution is 5.98. The summed E-state index contributed by atoms with van der Waals surface area (Å²) < 4.78 is 0. The van der Waals surface area contributed by atoms with Crippen molar-refractivity contribution in [1.29, 1.82) is 0 Å². The fourth-order valence-electron chi connectivity index (χ4n) is 7.27. The van der Waals surface area contributed by atoms with Crippen LogP contribution >= 0.6 is 0 Å². The number of carbonyl (C=O) groups is 8. The second kappa shape index (κ2) is 26.7. The number of aliphatic carboxylic acids is 1. The summed E-state index contributed by atoms with van der Waals surface area (Å²) in [5.41, 5.74) is 1.72. The number of hydrogen-bond donors (Lipinski definition) is 12. The van der Waals surface area contributed by atoms with Gasteiger partial charge in [-0.3, -0.25) is 33.6 Å². The number of rotatable bonds is 27. The summed E-state index contributed by atoms with van der Waals surface area (Å²) in [7, 11) is 0. The van der Waals surface area contributed by atoms with Crippen LogP contribution in [0.25, 0.3) is 10.9 Å². The summed E-state index contributed by atoms with van der Waals surface area (Å²) in [4.78, 5) is 110. The predicted octanol–water partition coefficient (Wildman–Crippen LogP) is 1.06. The molecule has 0 radical (unpaired) electrons. The number of phenolic OH excluding ortho intramolecular Hbond substituents is 1. The SMILES string of the molecule is CC[C@H](C)[C@H](NC(=O)[C@@H](NC(=O)[C@@H](Cc1c[nH]c2ccccc12)NC(=O)[C@@H](Cc1ccc(O)cc1)NC(=O)[C@@H](NC(=O)CNC(=O)CCCC(C)C)[C@@H](C)O)[C@@H](C)O)C(=O)N[C@H](C(=O)O)C(C)C. The van der Waals surface area contributed by atoms with Crippen LogP contribution in [0, 0.1) is 17.8 Å². The number of aromatic hydroxyl groups is 1. The number of phenols is 1. The van der Waals surface area contributed by atoms with E-state index >= 15 is 0 Å². The van der Waals surface area contributed by atoms with E-state index < -0.39 is 108 Å². The van der Waals surface area contributed by atoms with Gasteiger partial charge in [-0.15, -0.1) is 0 Å². The third-order valence-electron chi connectivity index (χ3n) is 11.5. The van der Waals surface area contributed by atoms with Gasteiger partial charge in [-0.1, -0.05) is 84.7 Å². The summed E-state index contributed by atoms with van der Waals surface area (Å²) >= 11 is 0. The molecule has 0 bridgehead atoms. The molecule has 0 fully saturated rings. The highest BCUT2D eigenvalue weighted by Gasteiger charge is 2.37. The largest absolute Gasteiger partial charge is 0.508 e. The number of nitrogens with one attached hydrogen (secondary N) is 8. The van der Waals surface area contributed by atoms with Gasteiger partial charge in [0.1, 0.15) is 42.0 Å². The van der Waals surface area contributed by atoms with Crippen molar-refractivity contribution in [2.75, 3.05) is 6.54 Å². The van der Waals surface area contributed by atoms with E-state index in [1.807, 2.05) is 13.8 Å². The third-order valence-corrected chi connectivity index (χ3v) is 11.5. The van der Waals surface area contributed by atoms with Gasteiger partial charge in [0, 0.05) is 36.4 Å². The molecule has 2 aromatic carbocycles. The lowest BCUT2D eigenvalue weighted by Crippen LogP contribution is -2.63. The molecule has 3 aromatic rings. The van der Waals surface area contributed by atoms with Crippen molar-refractivity contribution < 1.29 is 58.8 Å². The number of aromatic nitrogens is 1. The third kappa shape index (κ3) is 17.3. The molecular weight excluding hydrogens is 881 g/mol. The lowest BCUT2D eigenvalue weighted by molar-refractivity contribution is -0.144. The summed E-state index contributed by atoms with van der Waals surface area (Å²) in [6.45, 7) is 12.7. The van der Waals surface area contributed by atoms with Gasteiger partial charge in [-0.2, -0.15) is 0 Å². The number of H-pyrrole nitrogens is 1. The van der Waals surface area contributed by atoms with E-state index in [1.54, 1.807) is 58.2 Å². The second-order valence-corrected chi connectivity index (χ2v) is 18.1. The minimum Gasteiger partial charge on any atom is -0.508 e. The Balaban J connectivity index is 1.95. The van der Waals surface area contributed by atoms with Gasteiger partial charge in [0.15, 0.2) is 0 Å². The molecule has 20 nitrogen and oxygen atoms in total. The van der Waals surface area contributed by atoms with E-state index in [9.17, 15) is 58.8 Å². The molecule has 68 heavy (non-hydrogen) atoms. The van der Waals surface area contributed by atoms with Gasteiger partial charge in [-0.25, -0.2) is 4.79 Å². The topological polar surface area (TPSA) is 317 Å². The molecule has 9 atom stereocenters. The number of benzene rings is 2. The van der Waals surface area contributed by atoms with Gasteiger partial charge < -0.3 is 62.6 Å². The molecule has 0 spiro atoms. The van der Waals surface area contributed by atoms with E-state index in [4.69, 9.17) is 0 Å². The number of amides is 7. The molecule has 0 aliphatic rings. The van der Waals surface area contributed by atoms with Crippen LogP contribution in [0.3, 0.4) is 0 Å². The molecule has 0 aliphatic heterocycles. The lowest BCUT2D eigenvalue weighted by Gasteiger charge is -2.30. The number of carbonyl (C=O) groups excluding carboxylic acids is 7. The second-order valence-electron chi connectivity index (χ2n) is 18.1. The normalized spacial score (nSPS) is 15.4. The van der Waals surface area contributed by atoms with E-state index in [0.29, 0.717) is 40.8 Å². The molecular formula is C48H70N8O12. The molecule has 3 rings (SSSR count). The highest BCUT2D eigenvalue weighted by Crippen LogP contribution is 2.20. The molecule has 0 unspecified atom stereocenters. The van der Waals surface area contributed by atoms with Crippen molar-refractivity contribution in [1.82, 2.24) is 42.2 Å². The Kier molecular flexibility index (Phi) is 21.9. The minimum atomic E-state index is -1.70. The zero-order valence-corrected chi connectivity index (χ0v) is 40.1. The van der Waals surface area contributed by atoms with E-state index in [0.717, 1.165) is 6.42 Å². The van der Waals surface area contributed by atoms with Gasteiger partial charge in [0.05, 0.1) is 18.8 Å². The average molecular weight is 951 g/mol. The van der Waals surface area contributed by atoms with Crippen molar-refractivity contribution in [3.05, 3.63) is 65.9 Å². The minimum absolute atomic E-state index is 0.0778. The Bertz CT molecular complexity index is 2190. The Labute approximate surface area is 396 Å². The number of carboxylic acid groups (broad SMARTS) is 1. The molecule has 0 saturated heterocycles. The van der Waals surface area contributed by atoms with Gasteiger partial charge in [0.25, 0.3) is 0 Å². The maximum absolute atomic E-state index is 14.5. The molecule has 1 aromatic heterocycles. The van der Waals surface area contributed by atoms with Crippen LogP contribution in [-0.4, -0.2) is 128 Å². The highest BCUT2D eigenvalue weighted by atomic mass is 16.4. The molecule has 12 N–H and O–H groups in total. The number of carboxylic acids is 1. The molecule has 374 valence electrons. The van der Waals surface area contributed by atoms with Crippen LogP contribution in [0.1, 0.15) is 92.2 Å². The smallest absolute Gasteiger partial charge is 0.326 e. The van der Waals surface area contributed by atoms with Gasteiger partial charge in [0.2, 0.25) is 41.4 Å². The number of hydrogen-bond acceptors (Lipinski definition) is 11. The fraction of sp³-hybridized carbons (Fsp3) is 0.542. The molecule has 0 saturated carbocycles. The summed E-state index contributed by atoms with van der Waals surface area (Å²) in [5, 5.41) is 59.5.